The van der Waals surface area contributed by atoms with Gasteiger partial charge in [-0.1, -0.05) is 188 Å². The number of hydrogen-bond acceptors (Lipinski definition) is 3. The van der Waals surface area contributed by atoms with E-state index in [2.05, 4.69) is 188 Å². The SMILES string of the molecule is c1ccc(-c2ccccc2-c2nc(-c3cccc(-c4ccc5cc(-c6ccc7ccccc7c6)ccc5c4)c3)nc(-c3ccccc3-c3ccccc3)n2)cc1. The monoisotopic (exact) mass is 713 g/mol. The second-order valence-corrected chi connectivity index (χ2v) is 14.0. The number of nitrogens with zero attached hydrogens (tertiary/aromatic N) is 3. The smallest absolute Gasteiger partial charge is 0.164 e. The standard InChI is InChI=1S/C53H35N3/c1-3-15-37(16-4-1)47-22-9-11-24-49(47)52-54-51(55-53(56-52)50-25-12-10-23-48(50)38-17-5-2-6-18-38)46-21-13-20-40(35-46)41-28-29-45-34-44(31-30-43(45)33-41)42-27-26-36-14-7-8-19-39(36)32-42/h1-35H. The second kappa shape index (κ2) is 14.4. The fraction of sp³-hybridized carbons (Fsp3) is 0. The van der Waals surface area contributed by atoms with Gasteiger partial charge < -0.3 is 0 Å². The third kappa shape index (κ3) is 6.42. The van der Waals surface area contributed by atoms with Crippen molar-refractivity contribution in [3.05, 3.63) is 212 Å². The summed E-state index contributed by atoms with van der Waals surface area (Å²) in [5.41, 5.74) is 11.9. The van der Waals surface area contributed by atoms with Gasteiger partial charge in [-0.2, -0.15) is 0 Å². The molecule has 0 aliphatic rings. The van der Waals surface area contributed by atoms with Crippen molar-refractivity contribution in [3.8, 4) is 78.7 Å². The van der Waals surface area contributed by atoms with Gasteiger partial charge in [0.15, 0.2) is 17.5 Å². The Bertz CT molecular complexity index is 2920. The molecule has 0 aliphatic heterocycles. The van der Waals surface area contributed by atoms with Crippen molar-refractivity contribution in [2.45, 2.75) is 0 Å². The molecule has 0 amide bonds. The molecule has 0 saturated carbocycles. The Morgan fingerprint density at radius 1 is 0.196 bits per heavy atom. The van der Waals surface area contributed by atoms with Crippen LogP contribution in [0.5, 0.6) is 0 Å². The fourth-order valence-electron chi connectivity index (χ4n) is 7.65. The van der Waals surface area contributed by atoms with Crippen LogP contribution < -0.4 is 0 Å². The molecule has 0 saturated heterocycles. The first-order valence-corrected chi connectivity index (χ1v) is 18.9. The Kier molecular flexibility index (Phi) is 8.51. The van der Waals surface area contributed by atoms with E-state index in [9.17, 15) is 0 Å². The molecule has 0 unspecified atom stereocenters. The van der Waals surface area contributed by atoms with Gasteiger partial charge in [0.2, 0.25) is 0 Å². The van der Waals surface area contributed by atoms with E-state index in [0.29, 0.717) is 17.5 Å². The molecule has 0 radical (unpaired) electrons. The summed E-state index contributed by atoms with van der Waals surface area (Å²) in [4.78, 5) is 15.6. The molecule has 0 N–H and O–H groups in total. The molecule has 0 bridgehead atoms. The van der Waals surface area contributed by atoms with E-state index in [4.69, 9.17) is 15.0 Å². The molecule has 3 heteroatoms. The number of benzene rings is 9. The maximum Gasteiger partial charge on any atom is 0.164 e. The third-order valence-electron chi connectivity index (χ3n) is 10.5. The van der Waals surface area contributed by atoms with Crippen molar-refractivity contribution in [1.82, 2.24) is 15.0 Å². The lowest BCUT2D eigenvalue weighted by molar-refractivity contribution is 1.07. The van der Waals surface area contributed by atoms with Gasteiger partial charge >= 0.3 is 0 Å². The van der Waals surface area contributed by atoms with E-state index in [0.717, 1.165) is 50.1 Å². The zero-order chi connectivity index (χ0) is 37.3. The summed E-state index contributed by atoms with van der Waals surface area (Å²) in [6, 6.07) is 74.7. The highest BCUT2D eigenvalue weighted by Crippen LogP contribution is 2.36. The number of rotatable bonds is 7. The molecule has 56 heavy (non-hydrogen) atoms. The molecule has 0 aliphatic carbocycles. The number of aromatic nitrogens is 3. The molecule has 10 rings (SSSR count). The minimum atomic E-state index is 0.624. The van der Waals surface area contributed by atoms with Crippen molar-refractivity contribution >= 4 is 21.5 Å². The van der Waals surface area contributed by atoms with E-state index in [1.165, 1.54) is 32.7 Å². The summed E-state index contributed by atoms with van der Waals surface area (Å²) < 4.78 is 0. The second-order valence-electron chi connectivity index (χ2n) is 14.0. The summed E-state index contributed by atoms with van der Waals surface area (Å²) in [6.45, 7) is 0. The Labute approximate surface area is 326 Å². The maximum atomic E-state index is 5.21. The van der Waals surface area contributed by atoms with Crippen LogP contribution in [0.25, 0.3) is 100 Å². The highest BCUT2D eigenvalue weighted by molar-refractivity contribution is 5.93. The predicted molar refractivity (Wildman–Crippen MR) is 233 cm³/mol. The molecule has 1 heterocycles. The van der Waals surface area contributed by atoms with Crippen molar-refractivity contribution in [2.24, 2.45) is 0 Å². The number of hydrogen-bond donors (Lipinski definition) is 0. The van der Waals surface area contributed by atoms with Gasteiger partial charge in [0.1, 0.15) is 0 Å². The molecule has 0 spiro atoms. The number of fused-ring (bicyclic) bond motifs is 2. The van der Waals surface area contributed by atoms with Gasteiger partial charge in [-0.05, 0) is 90.3 Å². The summed E-state index contributed by atoms with van der Waals surface area (Å²) in [7, 11) is 0. The van der Waals surface area contributed by atoms with Crippen LogP contribution in [0, 0.1) is 0 Å². The molecule has 10 aromatic rings. The zero-order valence-corrected chi connectivity index (χ0v) is 30.5. The minimum absolute atomic E-state index is 0.624. The summed E-state index contributed by atoms with van der Waals surface area (Å²) in [6.07, 6.45) is 0. The van der Waals surface area contributed by atoms with Gasteiger partial charge in [0, 0.05) is 16.7 Å². The first-order chi connectivity index (χ1) is 27.7. The zero-order valence-electron chi connectivity index (χ0n) is 30.5. The average Bonchev–Trinajstić information content (AvgIpc) is 3.29. The van der Waals surface area contributed by atoms with Crippen LogP contribution in [0.2, 0.25) is 0 Å². The van der Waals surface area contributed by atoms with Gasteiger partial charge in [-0.25, -0.2) is 15.0 Å². The first-order valence-electron chi connectivity index (χ1n) is 18.9. The lowest BCUT2D eigenvalue weighted by Crippen LogP contribution is -2.02. The highest BCUT2D eigenvalue weighted by atomic mass is 15.0. The summed E-state index contributed by atoms with van der Waals surface area (Å²) in [5, 5.41) is 4.90. The Morgan fingerprint density at radius 2 is 0.554 bits per heavy atom. The van der Waals surface area contributed by atoms with Crippen molar-refractivity contribution in [1.29, 1.82) is 0 Å². The van der Waals surface area contributed by atoms with Crippen LogP contribution in [-0.4, -0.2) is 15.0 Å². The molecule has 3 nitrogen and oxygen atoms in total. The van der Waals surface area contributed by atoms with Crippen LogP contribution in [0.4, 0.5) is 0 Å². The molecular formula is C53H35N3. The van der Waals surface area contributed by atoms with Crippen LogP contribution in [-0.2, 0) is 0 Å². The first kappa shape index (κ1) is 33.1. The molecule has 1 aromatic heterocycles. The van der Waals surface area contributed by atoms with Gasteiger partial charge in [-0.15, -0.1) is 0 Å². The minimum Gasteiger partial charge on any atom is -0.208 e. The molecule has 9 aromatic carbocycles. The Balaban J connectivity index is 1.07. The molecule has 262 valence electrons. The van der Waals surface area contributed by atoms with E-state index in [1.54, 1.807) is 0 Å². The molecule has 0 atom stereocenters. The maximum absolute atomic E-state index is 5.21. The van der Waals surface area contributed by atoms with Gasteiger partial charge in [0.25, 0.3) is 0 Å². The van der Waals surface area contributed by atoms with Crippen molar-refractivity contribution in [2.75, 3.05) is 0 Å². The van der Waals surface area contributed by atoms with Crippen molar-refractivity contribution in [3.63, 3.8) is 0 Å². The normalized spacial score (nSPS) is 11.2. The van der Waals surface area contributed by atoms with Gasteiger partial charge in [-0.3, -0.25) is 0 Å². The molecular weight excluding hydrogens is 679 g/mol. The van der Waals surface area contributed by atoms with Crippen LogP contribution >= 0.6 is 0 Å². The van der Waals surface area contributed by atoms with E-state index >= 15 is 0 Å². The van der Waals surface area contributed by atoms with E-state index < -0.39 is 0 Å². The van der Waals surface area contributed by atoms with Crippen LogP contribution in [0.15, 0.2) is 212 Å². The Hall–Kier alpha value is -7.49. The van der Waals surface area contributed by atoms with E-state index in [-0.39, 0.29) is 0 Å². The third-order valence-corrected chi connectivity index (χ3v) is 10.5. The summed E-state index contributed by atoms with van der Waals surface area (Å²) >= 11 is 0. The lowest BCUT2D eigenvalue weighted by atomic mass is 9.96. The lowest BCUT2D eigenvalue weighted by Gasteiger charge is -2.14. The quantitative estimate of drug-likeness (QED) is 0.165. The Morgan fingerprint density at radius 3 is 1.09 bits per heavy atom. The largest absolute Gasteiger partial charge is 0.208 e. The highest BCUT2D eigenvalue weighted by Gasteiger charge is 2.18. The molecule has 0 fully saturated rings. The van der Waals surface area contributed by atoms with Crippen molar-refractivity contribution < 1.29 is 0 Å². The topological polar surface area (TPSA) is 38.7 Å². The van der Waals surface area contributed by atoms with Crippen LogP contribution in [0.3, 0.4) is 0 Å². The fourth-order valence-corrected chi connectivity index (χ4v) is 7.65. The van der Waals surface area contributed by atoms with Crippen LogP contribution in [0.1, 0.15) is 0 Å². The van der Waals surface area contributed by atoms with Gasteiger partial charge in [0.05, 0.1) is 0 Å². The van der Waals surface area contributed by atoms with E-state index in [1.807, 2.05) is 24.3 Å². The average molecular weight is 714 g/mol. The summed E-state index contributed by atoms with van der Waals surface area (Å²) in [5.74, 6) is 1.88. The predicted octanol–water partition coefficient (Wildman–Crippen LogP) is 13.8.